The van der Waals surface area contributed by atoms with Gasteiger partial charge in [0.15, 0.2) is 0 Å². The van der Waals surface area contributed by atoms with E-state index in [9.17, 15) is 4.79 Å². The molecule has 1 amide bonds. The normalized spacial score (nSPS) is 31.2. The zero-order chi connectivity index (χ0) is 15.4. The second-order valence-electron chi connectivity index (χ2n) is 7.08. The average Bonchev–Trinajstić information content (AvgIpc) is 3.20. The second kappa shape index (κ2) is 4.72. The van der Waals surface area contributed by atoms with Crippen LogP contribution in [-0.2, 0) is 14.9 Å². The molecule has 4 heteroatoms. The first-order valence-corrected chi connectivity index (χ1v) is 8.23. The molecule has 0 N–H and O–H groups in total. The van der Waals surface area contributed by atoms with Crippen LogP contribution in [-0.4, -0.2) is 42.7 Å². The minimum atomic E-state index is -0.139. The van der Waals surface area contributed by atoms with Crippen molar-refractivity contribution >= 4 is 5.91 Å². The third-order valence-corrected chi connectivity index (χ3v) is 5.46. The predicted molar refractivity (Wildman–Crippen MR) is 83.0 cm³/mol. The number of nitrogens with zero attached hydrogens (tertiary/aromatic N) is 1. The molecule has 1 spiro atoms. The highest BCUT2D eigenvalue weighted by Gasteiger charge is 2.63. The van der Waals surface area contributed by atoms with Crippen LogP contribution in [0, 0.1) is 5.92 Å². The maximum Gasteiger partial charge on any atom is 0.226 e. The Morgan fingerprint density at radius 1 is 1.41 bits per heavy atom. The standard InChI is InChI=1S/C18H23NO3/c1-3-22-17(2)11-19(12-17)16(20)14-10-18(14)8-9-21-15-7-5-4-6-13(15)18/h4-7,14H,3,8-12H2,1-2H3/t14-,18-/m0/s1. The number of para-hydroxylation sites is 1. The highest BCUT2D eigenvalue weighted by Crippen LogP contribution is 2.61. The van der Waals surface area contributed by atoms with Crippen LogP contribution in [0.2, 0.25) is 0 Å². The van der Waals surface area contributed by atoms with E-state index in [1.807, 2.05) is 30.0 Å². The Labute approximate surface area is 131 Å². The summed E-state index contributed by atoms with van der Waals surface area (Å²) in [6.45, 7) is 6.97. The van der Waals surface area contributed by atoms with E-state index in [0.29, 0.717) is 12.5 Å². The maximum absolute atomic E-state index is 12.8. The molecule has 1 saturated heterocycles. The Bertz CT molecular complexity index is 608. The number of amides is 1. The molecule has 2 aliphatic heterocycles. The number of rotatable bonds is 3. The van der Waals surface area contributed by atoms with E-state index in [0.717, 1.165) is 38.3 Å². The summed E-state index contributed by atoms with van der Waals surface area (Å²) in [5, 5.41) is 0. The first kappa shape index (κ1) is 14.1. The molecule has 3 aliphatic rings. The molecule has 1 saturated carbocycles. The molecule has 4 rings (SSSR count). The fourth-order valence-corrected chi connectivity index (χ4v) is 4.26. The van der Waals surface area contributed by atoms with Gasteiger partial charge in [-0.15, -0.1) is 0 Å². The molecule has 2 atom stereocenters. The smallest absolute Gasteiger partial charge is 0.226 e. The van der Waals surface area contributed by atoms with E-state index in [-0.39, 0.29) is 16.9 Å². The number of fused-ring (bicyclic) bond motifs is 2. The third kappa shape index (κ3) is 1.97. The first-order valence-electron chi connectivity index (χ1n) is 8.23. The Hall–Kier alpha value is -1.55. The summed E-state index contributed by atoms with van der Waals surface area (Å²) in [6.07, 6.45) is 1.92. The van der Waals surface area contributed by atoms with Crippen LogP contribution in [0.3, 0.4) is 0 Å². The van der Waals surface area contributed by atoms with Crippen molar-refractivity contribution in [2.75, 3.05) is 26.3 Å². The van der Waals surface area contributed by atoms with Gasteiger partial charge in [0.25, 0.3) is 0 Å². The van der Waals surface area contributed by atoms with Gasteiger partial charge in [-0.2, -0.15) is 0 Å². The van der Waals surface area contributed by atoms with Crippen LogP contribution in [0.15, 0.2) is 24.3 Å². The summed E-state index contributed by atoms with van der Waals surface area (Å²) in [4.78, 5) is 14.8. The number of likely N-dealkylation sites (tertiary alicyclic amines) is 1. The Morgan fingerprint density at radius 3 is 2.95 bits per heavy atom. The molecule has 2 fully saturated rings. The van der Waals surface area contributed by atoms with Gasteiger partial charge in [-0.25, -0.2) is 0 Å². The lowest BCUT2D eigenvalue weighted by Gasteiger charge is -2.47. The topological polar surface area (TPSA) is 38.8 Å². The Kier molecular flexibility index (Phi) is 3.02. The molecule has 0 aromatic heterocycles. The van der Waals surface area contributed by atoms with E-state index in [4.69, 9.17) is 9.47 Å². The maximum atomic E-state index is 12.8. The summed E-state index contributed by atoms with van der Waals surface area (Å²) in [7, 11) is 0. The van der Waals surface area contributed by atoms with E-state index in [1.165, 1.54) is 5.56 Å². The fraction of sp³-hybridized carbons (Fsp3) is 0.611. The summed E-state index contributed by atoms with van der Waals surface area (Å²) in [5.74, 6) is 1.39. The molecule has 2 heterocycles. The SMILES string of the molecule is CCOC1(C)CN(C(=O)[C@@H]2C[C@]23CCOc2ccccc23)C1. The van der Waals surface area contributed by atoms with Crippen molar-refractivity contribution in [3.05, 3.63) is 29.8 Å². The largest absolute Gasteiger partial charge is 0.493 e. The van der Waals surface area contributed by atoms with Gasteiger partial charge in [0, 0.05) is 23.5 Å². The van der Waals surface area contributed by atoms with E-state index in [1.54, 1.807) is 0 Å². The lowest BCUT2D eigenvalue weighted by Crippen LogP contribution is -2.63. The Balaban J connectivity index is 1.48. The van der Waals surface area contributed by atoms with Crippen molar-refractivity contribution < 1.29 is 14.3 Å². The van der Waals surface area contributed by atoms with Gasteiger partial charge in [-0.1, -0.05) is 18.2 Å². The molecule has 0 radical (unpaired) electrons. The van der Waals surface area contributed by atoms with Crippen LogP contribution in [0.5, 0.6) is 5.75 Å². The number of benzene rings is 1. The zero-order valence-electron chi connectivity index (χ0n) is 13.3. The molecule has 1 aromatic carbocycles. The lowest BCUT2D eigenvalue weighted by atomic mass is 9.86. The van der Waals surface area contributed by atoms with Gasteiger partial charge in [-0.3, -0.25) is 4.79 Å². The molecule has 1 aromatic rings. The van der Waals surface area contributed by atoms with Crippen LogP contribution in [0.4, 0.5) is 0 Å². The molecule has 4 nitrogen and oxygen atoms in total. The summed E-state index contributed by atoms with van der Waals surface area (Å²) in [6, 6.07) is 8.19. The number of carbonyl (C=O) groups excluding carboxylic acids is 1. The van der Waals surface area contributed by atoms with Gasteiger partial charge < -0.3 is 14.4 Å². The predicted octanol–water partition coefficient (Wildman–Crippen LogP) is 2.36. The van der Waals surface area contributed by atoms with E-state index in [2.05, 4.69) is 13.0 Å². The summed E-state index contributed by atoms with van der Waals surface area (Å²) in [5.41, 5.74) is 1.12. The Morgan fingerprint density at radius 2 is 2.18 bits per heavy atom. The van der Waals surface area contributed by atoms with Crippen molar-refractivity contribution in [3.63, 3.8) is 0 Å². The lowest BCUT2D eigenvalue weighted by molar-refractivity contribution is -0.164. The molecule has 0 bridgehead atoms. The highest BCUT2D eigenvalue weighted by molar-refractivity contribution is 5.86. The monoisotopic (exact) mass is 301 g/mol. The molecule has 1 aliphatic carbocycles. The van der Waals surface area contributed by atoms with Crippen LogP contribution >= 0.6 is 0 Å². The molecular weight excluding hydrogens is 278 g/mol. The quantitative estimate of drug-likeness (QED) is 0.860. The molecular formula is C18H23NO3. The minimum absolute atomic E-state index is 0.0313. The average molecular weight is 301 g/mol. The number of carbonyl (C=O) groups is 1. The van der Waals surface area contributed by atoms with Crippen molar-refractivity contribution in [1.82, 2.24) is 4.90 Å². The summed E-state index contributed by atoms with van der Waals surface area (Å²) >= 11 is 0. The molecule has 0 unspecified atom stereocenters. The van der Waals surface area contributed by atoms with Crippen molar-refractivity contribution in [3.8, 4) is 5.75 Å². The number of hydrogen-bond acceptors (Lipinski definition) is 3. The van der Waals surface area contributed by atoms with Gasteiger partial charge in [0.05, 0.1) is 19.7 Å². The van der Waals surface area contributed by atoms with Crippen molar-refractivity contribution in [1.29, 1.82) is 0 Å². The van der Waals surface area contributed by atoms with Crippen LogP contribution in [0.25, 0.3) is 0 Å². The molecule has 118 valence electrons. The minimum Gasteiger partial charge on any atom is -0.493 e. The fourth-order valence-electron chi connectivity index (χ4n) is 4.26. The van der Waals surface area contributed by atoms with E-state index < -0.39 is 0 Å². The van der Waals surface area contributed by atoms with Crippen molar-refractivity contribution in [2.24, 2.45) is 5.92 Å². The zero-order valence-corrected chi connectivity index (χ0v) is 13.3. The number of hydrogen-bond donors (Lipinski definition) is 0. The molecule has 22 heavy (non-hydrogen) atoms. The third-order valence-electron chi connectivity index (χ3n) is 5.46. The van der Waals surface area contributed by atoms with E-state index >= 15 is 0 Å². The second-order valence-corrected chi connectivity index (χ2v) is 7.08. The van der Waals surface area contributed by atoms with Crippen LogP contribution < -0.4 is 4.74 Å². The summed E-state index contributed by atoms with van der Waals surface area (Å²) < 4.78 is 11.5. The van der Waals surface area contributed by atoms with Crippen molar-refractivity contribution in [2.45, 2.75) is 37.7 Å². The van der Waals surface area contributed by atoms with Crippen LogP contribution in [0.1, 0.15) is 32.3 Å². The number of ether oxygens (including phenoxy) is 2. The van der Waals surface area contributed by atoms with Gasteiger partial charge >= 0.3 is 0 Å². The van der Waals surface area contributed by atoms with Gasteiger partial charge in [0.2, 0.25) is 5.91 Å². The van der Waals surface area contributed by atoms with Gasteiger partial charge in [-0.05, 0) is 32.8 Å². The first-order chi connectivity index (χ1) is 10.6. The highest BCUT2D eigenvalue weighted by atomic mass is 16.5. The van der Waals surface area contributed by atoms with Gasteiger partial charge in [0.1, 0.15) is 11.4 Å².